The maximum Gasteiger partial charge on any atom is 0.140 e. The van der Waals surface area contributed by atoms with Crippen molar-refractivity contribution in [1.82, 2.24) is 5.06 Å². The fourth-order valence-electron chi connectivity index (χ4n) is 2.60. The van der Waals surface area contributed by atoms with Gasteiger partial charge in [-0.2, -0.15) is 0 Å². The minimum absolute atomic E-state index is 0.0107. The van der Waals surface area contributed by atoms with E-state index in [1.807, 2.05) is 41.5 Å². The van der Waals surface area contributed by atoms with Crippen molar-refractivity contribution in [3.05, 3.63) is 0 Å². The minimum atomic E-state index is -0.565. The summed E-state index contributed by atoms with van der Waals surface area (Å²) in [6, 6.07) is 0. The highest BCUT2D eigenvalue weighted by molar-refractivity contribution is 5.84. The summed E-state index contributed by atoms with van der Waals surface area (Å²) in [4.78, 5) is 12.0. The Kier molecular flexibility index (Phi) is 3.01. The third-order valence-electron chi connectivity index (χ3n) is 3.54. The van der Waals surface area contributed by atoms with Crippen LogP contribution in [0, 0.1) is 11.8 Å². The Morgan fingerprint density at radius 3 is 2.00 bits per heavy atom. The molecule has 0 aromatic carbocycles. The zero-order valence-electron chi connectivity index (χ0n) is 10.6. The molecule has 1 heterocycles. The zero-order valence-corrected chi connectivity index (χ0v) is 10.6. The van der Waals surface area contributed by atoms with Crippen molar-refractivity contribution in [2.45, 2.75) is 59.0 Å². The van der Waals surface area contributed by atoms with E-state index in [0.717, 1.165) is 5.06 Å². The predicted octanol–water partition coefficient (Wildman–Crippen LogP) is 2.44. The molecule has 1 unspecified atom stereocenters. The van der Waals surface area contributed by atoms with Crippen molar-refractivity contribution in [2.75, 3.05) is 0 Å². The summed E-state index contributed by atoms with van der Waals surface area (Å²) in [6.45, 7) is 11.4. The van der Waals surface area contributed by atoms with Crippen LogP contribution in [0.3, 0.4) is 0 Å². The molecule has 1 aliphatic rings. The molecule has 0 aromatic heterocycles. The number of nitrogens with zero attached hydrogens (tertiary/aromatic N) is 1. The van der Waals surface area contributed by atoms with Gasteiger partial charge in [0.05, 0.1) is 5.54 Å². The number of Topliss-reactive ketones (excluding diaryl/α,β-unsaturated/α-hetero) is 1. The van der Waals surface area contributed by atoms with Crippen LogP contribution >= 0.6 is 0 Å². The van der Waals surface area contributed by atoms with E-state index in [0.29, 0.717) is 6.42 Å². The lowest BCUT2D eigenvalue weighted by Crippen LogP contribution is -2.47. The first kappa shape index (κ1) is 12.7. The average Bonchev–Trinajstić information content (AvgIpc) is 2.25. The molecule has 1 rings (SSSR count). The van der Waals surface area contributed by atoms with Crippen molar-refractivity contribution < 1.29 is 10.0 Å². The van der Waals surface area contributed by atoms with Gasteiger partial charge in [-0.25, -0.2) is 0 Å². The van der Waals surface area contributed by atoms with E-state index in [4.69, 9.17) is 0 Å². The molecule has 0 saturated carbocycles. The molecular weight excluding hydrogens is 190 g/mol. The van der Waals surface area contributed by atoms with Gasteiger partial charge in [0, 0.05) is 17.4 Å². The fourth-order valence-corrected chi connectivity index (χ4v) is 2.60. The third kappa shape index (κ3) is 1.95. The van der Waals surface area contributed by atoms with Crippen LogP contribution in [0.15, 0.2) is 0 Å². The first-order chi connectivity index (χ1) is 6.60. The molecule has 3 nitrogen and oxygen atoms in total. The van der Waals surface area contributed by atoms with Crippen LogP contribution < -0.4 is 0 Å². The maximum absolute atomic E-state index is 12.1. The van der Waals surface area contributed by atoms with Gasteiger partial charge in [0.25, 0.3) is 0 Å². The topological polar surface area (TPSA) is 40.2 Å². The van der Waals surface area contributed by atoms with Gasteiger partial charge in [0.1, 0.15) is 5.78 Å². The minimum Gasteiger partial charge on any atom is -0.299 e. The summed E-state index contributed by atoms with van der Waals surface area (Å²) in [5.41, 5.74) is -0.983. The van der Waals surface area contributed by atoms with Gasteiger partial charge >= 0.3 is 0 Å². The Morgan fingerprint density at radius 2 is 1.73 bits per heavy atom. The molecule has 15 heavy (non-hydrogen) atoms. The second kappa shape index (κ2) is 3.56. The smallest absolute Gasteiger partial charge is 0.140 e. The number of carbonyl (C=O) groups is 1. The number of hydrogen-bond acceptors (Lipinski definition) is 2. The largest absolute Gasteiger partial charge is 0.299 e. The van der Waals surface area contributed by atoms with Crippen LogP contribution in [0.4, 0.5) is 0 Å². The van der Waals surface area contributed by atoms with E-state index in [2.05, 4.69) is 0 Å². The van der Waals surface area contributed by atoms with E-state index in [9.17, 15) is 10.0 Å². The highest BCUT2D eigenvalue weighted by Crippen LogP contribution is 2.44. The van der Waals surface area contributed by atoms with Crippen LogP contribution in [0.1, 0.15) is 48.0 Å². The molecule has 1 atom stereocenters. The summed E-state index contributed by atoms with van der Waals surface area (Å²) >= 11 is 0. The van der Waals surface area contributed by atoms with Crippen molar-refractivity contribution in [2.24, 2.45) is 11.8 Å². The van der Waals surface area contributed by atoms with E-state index in [-0.39, 0.29) is 17.6 Å². The van der Waals surface area contributed by atoms with E-state index in [1.54, 1.807) is 0 Å². The number of hydroxylamine groups is 2. The van der Waals surface area contributed by atoms with Crippen molar-refractivity contribution in [1.29, 1.82) is 0 Å². The molecule has 0 N–H and O–H groups in total. The summed E-state index contributed by atoms with van der Waals surface area (Å²) in [5.74, 6) is 0.0907. The lowest BCUT2D eigenvalue weighted by Gasteiger charge is -2.33. The summed E-state index contributed by atoms with van der Waals surface area (Å²) in [5, 5.41) is 13.2. The Balaban J connectivity index is 2.99. The quantitative estimate of drug-likeness (QED) is 0.705. The molecular formula is C12H22NO2. The van der Waals surface area contributed by atoms with Crippen LogP contribution in [-0.2, 0) is 10.0 Å². The molecule has 0 amide bonds. The monoisotopic (exact) mass is 212 g/mol. The lowest BCUT2D eigenvalue weighted by atomic mass is 9.80. The van der Waals surface area contributed by atoms with Crippen LogP contribution in [0.5, 0.6) is 0 Å². The molecule has 0 aromatic rings. The molecule has 1 aliphatic heterocycles. The van der Waals surface area contributed by atoms with Crippen LogP contribution in [-0.4, -0.2) is 21.9 Å². The van der Waals surface area contributed by atoms with Crippen LogP contribution in [0.25, 0.3) is 0 Å². The second-order valence-electron chi connectivity index (χ2n) is 6.07. The number of rotatable bonds is 2. The molecule has 0 bridgehead atoms. The maximum atomic E-state index is 12.1. The second-order valence-corrected chi connectivity index (χ2v) is 6.07. The van der Waals surface area contributed by atoms with Gasteiger partial charge in [-0.05, 0) is 34.1 Å². The SMILES string of the molecule is CC(C)C(=O)C1CC(C)(C)N([O])C1(C)C. The van der Waals surface area contributed by atoms with Gasteiger partial charge in [-0.3, -0.25) is 4.79 Å². The fraction of sp³-hybridized carbons (Fsp3) is 0.917. The van der Waals surface area contributed by atoms with Gasteiger partial charge in [0.15, 0.2) is 0 Å². The summed E-state index contributed by atoms with van der Waals surface area (Å²) in [6.07, 6.45) is 0.667. The first-order valence-electron chi connectivity index (χ1n) is 5.62. The standard InChI is InChI=1S/C12H22NO2/c1-8(2)10(14)9-7-11(3,4)13(15)12(9,5)6/h8-9H,7H2,1-6H3. The molecule has 3 heteroatoms. The molecule has 1 fully saturated rings. The number of carbonyl (C=O) groups excluding carboxylic acids is 1. The molecule has 0 aliphatic carbocycles. The molecule has 87 valence electrons. The predicted molar refractivity (Wildman–Crippen MR) is 58.6 cm³/mol. The molecule has 0 spiro atoms. The Morgan fingerprint density at radius 1 is 1.27 bits per heavy atom. The molecule has 1 radical (unpaired) electrons. The third-order valence-corrected chi connectivity index (χ3v) is 3.54. The first-order valence-corrected chi connectivity index (χ1v) is 5.62. The number of ketones is 1. The van der Waals surface area contributed by atoms with Crippen molar-refractivity contribution in [3.8, 4) is 0 Å². The van der Waals surface area contributed by atoms with Gasteiger partial charge < -0.3 is 0 Å². The normalized spacial score (nSPS) is 29.7. The highest BCUT2D eigenvalue weighted by atomic mass is 16.5. The Hall–Kier alpha value is -0.410. The van der Waals surface area contributed by atoms with Gasteiger partial charge in [-0.15, -0.1) is 10.3 Å². The van der Waals surface area contributed by atoms with Gasteiger partial charge in [0.2, 0.25) is 0 Å². The molecule has 1 saturated heterocycles. The summed E-state index contributed by atoms with van der Waals surface area (Å²) in [7, 11) is 0. The lowest BCUT2D eigenvalue weighted by molar-refractivity contribution is -0.247. The van der Waals surface area contributed by atoms with Crippen LogP contribution in [0.2, 0.25) is 0 Å². The van der Waals surface area contributed by atoms with E-state index < -0.39 is 11.1 Å². The van der Waals surface area contributed by atoms with Crippen molar-refractivity contribution in [3.63, 3.8) is 0 Å². The average molecular weight is 212 g/mol. The van der Waals surface area contributed by atoms with Gasteiger partial charge in [-0.1, -0.05) is 13.8 Å². The Labute approximate surface area is 92.4 Å². The Bertz CT molecular complexity index is 269. The van der Waals surface area contributed by atoms with Crippen molar-refractivity contribution >= 4 is 5.78 Å². The zero-order chi connectivity index (χ0) is 12.0. The summed E-state index contributed by atoms with van der Waals surface area (Å²) < 4.78 is 0. The van der Waals surface area contributed by atoms with E-state index in [1.165, 1.54) is 0 Å². The highest BCUT2D eigenvalue weighted by Gasteiger charge is 2.55. The number of hydrogen-bond donors (Lipinski definition) is 0. The van der Waals surface area contributed by atoms with E-state index >= 15 is 0 Å².